The highest BCUT2D eigenvalue weighted by Gasteiger charge is 2.26. The summed E-state index contributed by atoms with van der Waals surface area (Å²) >= 11 is 6.04. The lowest BCUT2D eigenvalue weighted by Gasteiger charge is -2.18. The van der Waals surface area contributed by atoms with Crippen LogP contribution in [-0.2, 0) is 14.3 Å². The number of halogens is 2. The molecular formula is C19H23ClFNO5. The number of carbonyl (C=O) groups is 2. The standard InChI is InChI=1S/C19H23ClFNO5/c1-4-25-18(23)17(11(2)3)27-19(24)22-15-10-16(13(20)9-14(15)21)26-12-7-5-6-8-12/h9-10,12,17H,2,4-8H2,1,3H3,(H,22,24). The Morgan fingerprint density at radius 2 is 2.04 bits per heavy atom. The van der Waals surface area contributed by atoms with Crippen LogP contribution in [-0.4, -0.2) is 30.9 Å². The number of esters is 1. The van der Waals surface area contributed by atoms with Gasteiger partial charge in [-0.2, -0.15) is 0 Å². The van der Waals surface area contributed by atoms with Gasteiger partial charge >= 0.3 is 12.1 Å². The van der Waals surface area contributed by atoms with Gasteiger partial charge in [-0.15, -0.1) is 0 Å². The third kappa shape index (κ3) is 5.85. The van der Waals surface area contributed by atoms with Crippen LogP contribution in [0.5, 0.6) is 5.75 Å². The van der Waals surface area contributed by atoms with Crippen molar-refractivity contribution in [3.63, 3.8) is 0 Å². The number of ether oxygens (including phenoxy) is 3. The predicted molar refractivity (Wildman–Crippen MR) is 99.6 cm³/mol. The summed E-state index contributed by atoms with van der Waals surface area (Å²) in [5.41, 5.74) is 0.118. The first-order valence-corrected chi connectivity index (χ1v) is 9.15. The Hall–Kier alpha value is -2.28. The van der Waals surface area contributed by atoms with Gasteiger partial charge in [0.05, 0.1) is 23.4 Å². The Balaban J connectivity index is 2.09. The SMILES string of the molecule is C=C(C)C(OC(=O)Nc1cc(OC2CCCC2)c(Cl)cc1F)C(=O)OCC. The molecule has 0 aliphatic heterocycles. The number of carbonyl (C=O) groups excluding carboxylic acids is 2. The van der Waals surface area contributed by atoms with Crippen molar-refractivity contribution < 1.29 is 28.2 Å². The minimum atomic E-state index is -1.28. The molecule has 1 aromatic carbocycles. The second-order valence-electron chi connectivity index (χ2n) is 6.30. The van der Waals surface area contributed by atoms with Crippen molar-refractivity contribution in [1.29, 1.82) is 0 Å². The summed E-state index contributed by atoms with van der Waals surface area (Å²) in [4.78, 5) is 23.9. The average molecular weight is 400 g/mol. The summed E-state index contributed by atoms with van der Waals surface area (Å²) in [7, 11) is 0. The van der Waals surface area contributed by atoms with E-state index < -0.39 is 24.0 Å². The summed E-state index contributed by atoms with van der Waals surface area (Å²) in [6.45, 7) is 6.87. The van der Waals surface area contributed by atoms with E-state index in [1.54, 1.807) is 6.92 Å². The predicted octanol–water partition coefficient (Wildman–Crippen LogP) is 4.86. The van der Waals surface area contributed by atoms with Crippen LogP contribution in [0.2, 0.25) is 5.02 Å². The maximum atomic E-state index is 14.2. The molecule has 1 N–H and O–H groups in total. The molecule has 2 rings (SSSR count). The number of amides is 1. The molecule has 1 atom stereocenters. The summed E-state index contributed by atoms with van der Waals surface area (Å²) in [6, 6.07) is 2.36. The van der Waals surface area contributed by atoms with Crippen molar-refractivity contribution in [2.45, 2.75) is 51.7 Å². The third-order valence-corrected chi connectivity index (χ3v) is 4.32. The van der Waals surface area contributed by atoms with Gasteiger partial charge in [0.1, 0.15) is 11.6 Å². The lowest BCUT2D eigenvalue weighted by Crippen LogP contribution is -2.32. The molecule has 27 heavy (non-hydrogen) atoms. The van der Waals surface area contributed by atoms with E-state index in [4.69, 9.17) is 25.8 Å². The molecule has 148 valence electrons. The molecule has 1 unspecified atom stereocenters. The Morgan fingerprint density at radius 1 is 1.37 bits per heavy atom. The normalized spacial score (nSPS) is 15.1. The van der Waals surface area contributed by atoms with Gasteiger partial charge in [0.25, 0.3) is 0 Å². The zero-order chi connectivity index (χ0) is 20.0. The van der Waals surface area contributed by atoms with Crippen LogP contribution < -0.4 is 10.1 Å². The molecule has 1 fully saturated rings. The van der Waals surface area contributed by atoms with Crippen molar-refractivity contribution in [1.82, 2.24) is 0 Å². The fourth-order valence-corrected chi connectivity index (χ4v) is 2.91. The fraction of sp³-hybridized carbons (Fsp3) is 0.474. The second-order valence-corrected chi connectivity index (χ2v) is 6.70. The van der Waals surface area contributed by atoms with E-state index in [0.29, 0.717) is 0 Å². The molecule has 1 amide bonds. The van der Waals surface area contributed by atoms with Gasteiger partial charge in [-0.3, -0.25) is 5.32 Å². The number of anilines is 1. The second kappa shape index (κ2) is 9.60. The highest BCUT2D eigenvalue weighted by Crippen LogP contribution is 2.34. The third-order valence-electron chi connectivity index (χ3n) is 4.03. The molecular weight excluding hydrogens is 377 g/mol. The highest BCUT2D eigenvalue weighted by atomic mass is 35.5. The monoisotopic (exact) mass is 399 g/mol. The van der Waals surface area contributed by atoms with Crippen LogP contribution in [0.4, 0.5) is 14.9 Å². The zero-order valence-electron chi connectivity index (χ0n) is 15.3. The lowest BCUT2D eigenvalue weighted by molar-refractivity contribution is -0.150. The first-order chi connectivity index (χ1) is 12.8. The van der Waals surface area contributed by atoms with Gasteiger partial charge in [-0.05, 0) is 51.2 Å². The largest absolute Gasteiger partial charge is 0.489 e. The summed E-state index contributed by atoms with van der Waals surface area (Å²) < 4.78 is 29.8. The Labute approximate surface area is 162 Å². The number of hydrogen-bond acceptors (Lipinski definition) is 5. The Morgan fingerprint density at radius 3 is 2.63 bits per heavy atom. The minimum Gasteiger partial charge on any atom is -0.489 e. The molecule has 0 heterocycles. The number of rotatable bonds is 7. The molecule has 8 heteroatoms. The molecule has 1 aromatic rings. The van der Waals surface area contributed by atoms with Gasteiger partial charge in [0.15, 0.2) is 0 Å². The molecule has 6 nitrogen and oxygen atoms in total. The summed E-state index contributed by atoms with van der Waals surface area (Å²) in [5, 5.41) is 2.38. The topological polar surface area (TPSA) is 73.9 Å². The van der Waals surface area contributed by atoms with Gasteiger partial charge in [0, 0.05) is 6.07 Å². The lowest BCUT2D eigenvalue weighted by atomic mass is 10.2. The van der Waals surface area contributed by atoms with E-state index in [1.165, 1.54) is 13.0 Å². The number of nitrogens with one attached hydrogen (secondary N) is 1. The van der Waals surface area contributed by atoms with E-state index in [1.807, 2.05) is 0 Å². The molecule has 0 saturated heterocycles. The Bertz CT molecular complexity index is 718. The van der Waals surface area contributed by atoms with Crippen molar-refractivity contribution in [3.05, 3.63) is 35.1 Å². The summed E-state index contributed by atoms with van der Waals surface area (Å²) in [5.74, 6) is -1.22. The van der Waals surface area contributed by atoms with Crippen LogP contribution in [0.15, 0.2) is 24.3 Å². The van der Waals surface area contributed by atoms with Gasteiger partial charge in [-0.25, -0.2) is 14.0 Å². The highest BCUT2D eigenvalue weighted by molar-refractivity contribution is 6.32. The maximum absolute atomic E-state index is 14.2. The number of hydrogen-bond donors (Lipinski definition) is 1. The Kier molecular flexibility index (Phi) is 7.47. The molecule has 0 radical (unpaired) electrons. The molecule has 1 saturated carbocycles. The van der Waals surface area contributed by atoms with E-state index in [2.05, 4.69) is 11.9 Å². The van der Waals surface area contributed by atoms with Crippen LogP contribution in [0.3, 0.4) is 0 Å². The van der Waals surface area contributed by atoms with Crippen LogP contribution >= 0.6 is 11.6 Å². The van der Waals surface area contributed by atoms with Crippen LogP contribution in [0.1, 0.15) is 39.5 Å². The molecule has 1 aliphatic rings. The van der Waals surface area contributed by atoms with E-state index >= 15 is 0 Å². The van der Waals surface area contributed by atoms with Crippen molar-refractivity contribution >= 4 is 29.4 Å². The van der Waals surface area contributed by atoms with Crippen LogP contribution in [0.25, 0.3) is 0 Å². The van der Waals surface area contributed by atoms with E-state index in [0.717, 1.165) is 31.7 Å². The summed E-state index contributed by atoms with van der Waals surface area (Å²) in [6.07, 6.45) is 1.65. The first-order valence-electron chi connectivity index (χ1n) is 8.77. The van der Waals surface area contributed by atoms with Crippen LogP contribution in [0, 0.1) is 5.82 Å². The van der Waals surface area contributed by atoms with Crippen molar-refractivity contribution in [3.8, 4) is 5.75 Å². The molecule has 1 aliphatic carbocycles. The van der Waals surface area contributed by atoms with Gasteiger partial charge in [-0.1, -0.05) is 18.2 Å². The quantitative estimate of drug-likeness (QED) is 0.523. The zero-order valence-corrected chi connectivity index (χ0v) is 16.1. The van der Waals surface area contributed by atoms with Crippen molar-refractivity contribution in [2.24, 2.45) is 0 Å². The molecule has 0 aromatic heterocycles. The van der Waals surface area contributed by atoms with E-state index in [-0.39, 0.29) is 34.7 Å². The maximum Gasteiger partial charge on any atom is 0.412 e. The first kappa shape index (κ1) is 21.0. The van der Waals surface area contributed by atoms with Gasteiger partial charge < -0.3 is 14.2 Å². The smallest absolute Gasteiger partial charge is 0.412 e. The molecule has 0 bridgehead atoms. The molecule has 0 spiro atoms. The van der Waals surface area contributed by atoms with Crippen molar-refractivity contribution in [2.75, 3.05) is 11.9 Å². The average Bonchev–Trinajstić information content (AvgIpc) is 3.10. The van der Waals surface area contributed by atoms with Gasteiger partial charge in [0.2, 0.25) is 6.10 Å². The number of benzene rings is 1. The minimum absolute atomic E-state index is 0.0179. The van der Waals surface area contributed by atoms with E-state index in [9.17, 15) is 14.0 Å². The fourth-order valence-electron chi connectivity index (χ4n) is 2.72.